The maximum Gasteiger partial charge on any atom is 0.0414 e. The summed E-state index contributed by atoms with van der Waals surface area (Å²) < 4.78 is 0. The molecule has 2 rings (SSSR count). The smallest absolute Gasteiger partial charge is 0.0414 e. The van der Waals surface area contributed by atoms with Crippen molar-refractivity contribution < 1.29 is 0 Å². The van der Waals surface area contributed by atoms with E-state index in [1.165, 1.54) is 18.0 Å². The molecule has 1 aliphatic rings. The third-order valence-electron chi connectivity index (χ3n) is 3.35. The van der Waals surface area contributed by atoms with E-state index in [4.69, 9.17) is 5.73 Å². The number of nitrogens with zero attached hydrogens (tertiary/aromatic N) is 2. The molecule has 1 aliphatic heterocycles. The molecule has 0 aliphatic carbocycles. The molecule has 16 heavy (non-hydrogen) atoms. The average Bonchev–Trinajstić information content (AvgIpc) is 2.83. The second-order valence-electron chi connectivity index (χ2n) is 4.36. The molecule has 1 unspecified atom stereocenters. The van der Waals surface area contributed by atoms with E-state index in [0.717, 1.165) is 26.2 Å². The Bertz CT molecular complexity index is 291. The first kappa shape index (κ1) is 12.0. The minimum Gasteiger partial charge on any atom is -0.329 e. The van der Waals surface area contributed by atoms with Crippen molar-refractivity contribution in [3.05, 3.63) is 22.4 Å². The van der Waals surface area contributed by atoms with Gasteiger partial charge in [-0.1, -0.05) is 6.07 Å². The molecule has 0 spiro atoms. The van der Waals surface area contributed by atoms with Crippen LogP contribution in [-0.2, 0) is 0 Å². The summed E-state index contributed by atoms with van der Waals surface area (Å²) in [6.45, 7) is 8.78. The van der Waals surface area contributed by atoms with Crippen LogP contribution in [0.25, 0.3) is 0 Å². The van der Waals surface area contributed by atoms with Crippen LogP contribution in [0.1, 0.15) is 17.8 Å². The molecule has 0 bridgehead atoms. The van der Waals surface area contributed by atoms with Crippen molar-refractivity contribution in [3.63, 3.8) is 0 Å². The molecule has 1 fully saturated rings. The van der Waals surface area contributed by atoms with E-state index in [1.807, 2.05) is 11.3 Å². The van der Waals surface area contributed by atoms with Crippen molar-refractivity contribution in [1.82, 2.24) is 9.80 Å². The summed E-state index contributed by atoms with van der Waals surface area (Å²) in [6.07, 6.45) is 0. The highest BCUT2D eigenvalue weighted by Gasteiger charge is 2.21. The van der Waals surface area contributed by atoms with Gasteiger partial charge in [0.2, 0.25) is 0 Å². The SMILES string of the molecule is CC(c1cccs1)N1CCN(CCN)CC1. The quantitative estimate of drug-likeness (QED) is 0.862. The fraction of sp³-hybridized carbons (Fsp3) is 0.667. The second kappa shape index (κ2) is 5.77. The Morgan fingerprint density at radius 3 is 2.69 bits per heavy atom. The van der Waals surface area contributed by atoms with E-state index < -0.39 is 0 Å². The Kier molecular flexibility index (Phi) is 4.35. The Labute approximate surface area is 102 Å². The average molecular weight is 239 g/mol. The van der Waals surface area contributed by atoms with E-state index in [1.54, 1.807) is 0 Å². The lowest BCUT2D eigenvalue weighted by Crippen LogP contribution is -2.48. The van der Waals surface area contributed by atoms with Crippen LogP contribution in [-0.4, -0.2) is 49.1 Å². The van der Waals surface area contributed by atoms with Gasteiger partial charge in [-0.05, 0) is 18.4 Å². The molecule has 4 heteroatoms. The first-order valence-corrected chi connectivity index (χ1v) is 6.89. The highest BCUT2D eigenvalue weighted by Crippen LogP contribution is 2.25. The summed E-state index contributed by atoms with van der Waals surface area (Å²) in [5.74, 6) is 0. The Balaban J connectivity index is 1.84. The lowest BCUT2D eigenvalue weighted by molar-refractivity contribution is 0.106. The molecule has 0 aromatic carbocycles. The van der Waals surface area contributed by atoms with Crippen molar-refractivity contribution in [2.45, 2.75) is 13.0 Å². The van der Waals surface area contributed by atoms with Gasteiger partial charge in [0.15, 0.2) is 0 Å². The van der Waals surface area contributed by atoms with Gasteiger partial charge < -0.3 is 5.73 Å². The summed E-state index contributed by atoms with van der Waals surface area (Å²) in [6, 6.07) is 4.95. The van der Waals surface area contributed by atoms with Crippen molar-refractivity contribution in [2.24, 2.45) is 5.73 Å². The largest absolute Gasteiger partial charge is 0.329 e. The van der Waals surface area contributed by atoms with E-state index in [9.17, 15) is 0 Å². The van der Waals surface area contributed by atoms with Crippen molar-refractivity contribution in [3.8, 4) is 0 Å². The van der Waals surface area contributed by atoms with Gasteiger partial charge in [-0.15, -0.1) is 11.3 Å². The molecule has 1 aromatic heterocycles. The van der Waals surface area contributed by atoms with Crippen molar-refractivity contribution in [1.29, 1.82) is 0 Å². The maximum absolute atomic E-state index is 5.58. The van der Waals surface area contributed by atoms with E-state index >= 15 is 0 Å². The molecule has 0 amide bonds. The molecular formula is C12H21N3S. The van der Waals surface area contributed by atoms with Gasteiger partial charge in [0.1, 0.15) is 0 Å². The van der Waals surface area contributed by atoms with Crippen LogP contribution in [0.2, 0.25) is 0 Å². The summed E-state index contributed by atoms with van der Waals surface area (Å²) in [4.78, 5) is 6.50. The molecule has 90 valence electrons. The molecule has 3 nitrogen and oxygen atoms in total. The van der Waals surface area contributed by atoms with Gasteiger partial charge in [-0.25, -0.2) is 0 Å². The van der Waals surface area contributed by atoms with Crippen LogP contribution in [0.5, 0.6) is 0 Å². The zero-order chi connectivity index (χ0) is 11.4. The normalized spacial score (nSPS) is 21.1. The fourth-order valence-electron chi connectivity index (χ4n) is 2.27. The predicted molar refractivity (Wildman–Crippen MR) is 69.8 cm³/mol. The van der Waals surface area contributed by atoms with E-state index in [2.05, 4.69) is 34.2 Å². The summed E-state index contributed by atoms with van der Waals surface area (Å²) in [5.41, 5.74) is 5.58. The van der Waals surface area contributed by atoms with Crippen LogP contribution in [0.3, 0.4) is 0 Å². The predicted octanol–water partition coefficient (Wildman–Crippen LogP) is 1.39. The summed E-state index contributed by atoms with van der Waals surface area (Å²) in [7, 11) is 0. The van der Waals surface area contributed by atoms with Gasteiger partial charge in [0.05, 0.1) is 0 Å². The number of thiophene rings is 1. The minimum atomic E-state index is 0.569. The Hall–Kier alpha value is -0.420. The third kappa shape index (κ3) is 2.83. The number of nitrogens with two attached hydrogens (primary N) is 1. The maximum atomic E-state index is 5.58. The van der Waals surface area contributed by atoms with Crippen molar-refractivity contribution in [2.75, 3.05) is 39.3 Å². The molecule has 1 saturated heterocycles. The molecule has 2 N–H and O–H groups in total. The third-order valence-corrected chi connectivity index (χ3v) is 4.40. The van der Waals surface area contributed by atoms with Crippen LogP contribution in [0, 0.1) is 0 Å². The molecule has 0 saturated carbocycles. The first-order chi connectivity index (χ1) is 7.81. The Morgan fingerprint density at radius 2 is 2.12 bits per heavy atom. The van der Waals surface area contributed by atoms with Crippen LogP contribution < -0.4 is 5.73 Å². The number of hydrogen-bond donors (Lipinski definition) is 1. The fourth-order valence-corrected chi connectivity index (χ4v) is 3.08. The van der Waals surface area contributed by atoms with Crippen LogP contribution in [0.15, 0.2) is 17.5 Å². The zero-order valence-electron chi connectivity index (χ0n) is 9.93. The van der Waals surface area contributed by atoms with Crippen molar-refractivity contribution >= 4 is 11.3 Å². The van der Waals surface area contributed by atoms with Gasteiger partial charge >= 0.3 is 0 Å². The summed E-state index contributed by atoms with van der Waals surface area (Å²) in [5, 5.41) is 2.16. The topological polar surface area (TPSA) is 32.5 Å². The monoisotopic (exact) mass is 239 g/mol. The van der Waals surface area contributed by atoms with Gasteiger partial charge in [-0.3, -0.25) is 9.80 Å². The highest BCUT2D eigenvalue weighted by atomic mass is 32.1. The van der Waals surface area contributed by atoms with E-state index in [0.29, 0.717) is 6.04 Å². The molecule has 1 aromatic rings. The van der Waals surface area contributed by atoms with Crippen LogP contribution in [0.4, 0.5) is 0 Å². The molecule has 0 radical (unpaired) electrons. The first-order valence-electron chi connectivity index (χ1n) is 6.01. The zero-order valence-corrected chi connectivity index (χ0v) is 10.7. The lowest BCUT2D eigenvalue weighted by atomic mass is 10.2. The summed E-state index contributed by atoms with van der Waals surface area (Å²) >= 11 is 1.86. The standard InChI is InChI=1S/C12H21N3S/c1-11(12-3-2-10-16-12)15-8-6-14(5-4-13)7-9-15/h2-3,10-11H,4-9,13H2,1H3. The van der Waals surface area contributed by atoms with Crippen LogP contribution >= 0.6 is 11.3 Å². The van der Waals surface area contributed by atoms with Gasteiger partial charge in [-0.2, -0.15) is 0 Å². The molecule has 2 heterocycles. The Morgan fingerprint density at radius 1 is 1.38 bits per heavy atom. The number of hydrogen-bond acceptors (Lipinski definition) is 4. The molecule has 1 atom stereocenters. The number of rotatable bonds is 4. The van der Waals surface area contributed by atoms with Gasteiger partial charge in [0, 0.05) is 50.2 Å². The second-order valence-corrected chi connectivity index (χ2v) is 5.34. The minimum absolute atomic E-state index is 0.569. The number of piperazine rings is 1. The lowest BCUT2D eigenvalue weighted by Gasteiger charge is -2.37. The molecular weight excluding hydrogens is 218 g/mol. The highest BCUT2D eigenvalue weighted by molar-refractivity contribution is 7.10. The van der Waals surface area contributed by atoms with E-state index in [-0.39, 0.29) is 0 Å². The van der Waals surface area contributed by atoms with Gasteiger partial charge in [0.25, 0.3) is 0 Å².